The van der Waals surface area contributed by atoms with E-state index in [1.807, 2.05) is 30.5 Å². The van der Waals surface area contributed by atoms with Gasteiger partial charge in [-0.05, 0) is 73.5 Å². The van der Waals surface area contributed by atoms with Crippen LogP contribution in [0.2, 0.25) is 0 Å². The standard InChI is InChI=1S/C28H26FN7O2S/c29-20-12-22(33-24(13-20)18-1-2-23-19(11-18)3-7-31-23)16-30-15-17-5-9-36(10-6-17)27-32-8-4-21(34-27)14-25-26(37)35-28(38)39-25/h1-4,7-8,11-14,17,30-31H,5-6,9-10,15-16H2,(H,35,37,38). The van der Waals surface area contributed by atoms with Crippen molar-refractivity contribution in [2.45, 2.75) is 19.4 Å². The van der Waals surface area contributed by atoms with Gasteiger partial charge in [0.2, 0.25) is 5.95 Å². The van der Waals surface area contributed by atoms with Crippen molar-refractivity contribution in [1.29, 1.82) is 0 Å². The Hall–Kier alpha value is -4.09. The molecule has 198 valence electrons. The minimum Gasteiger partial charge on any atom is -0.361 e. The number of hydrogen-bond donors (Lipinski definition) is 3. The molecule has 39 heavy (non-hydrogen) atoms. The van der Waals surface area contributed by atoms with Crippen LogP contribution in [0.5, 0.6) is 0 Å². The van der Waals surface area contributed by atoms with Crippen LogP contribution in [0.4, 0.5) is 15.1 Å². The lowest BCUT2D eigenvalue weighted by Crippen LogP contribution is -2.38. The highest BCUT2D eigenvalue weighted by atomic mass is 32.2. The fourth-order valence-corrected chi connectivity index (χ4v) is 5.56. The highest BCUT2D eigenvalue weighted by Gasteiger charge is 2.26. The van der Waals surface area contributed by atoms with Gasteiger partial charge in [-0.1, -0.05) is 6.07 Å². The van der Waals surface area contributed by atoms with Gasteiger partial charge >= 0.3 is 0 Å². The lowest BCUT2D eigenvalue weighted by molar-refractivity contribution is -0.115. The van der Waals surface area contributed by atoms with E-state index in [1.54, 1.807) is 18.3 Å². The first-order chi connectivity index (χ1) is 19.0. The number of rotatable bonds is 7. The van der Waals surface area contributed by atoms with E-state index in [0.717, 1.165) is 60.7 Å². The Morgan fingerprint density at radius 1 is 1.10 bits per heavy atom. The molecule has 1 aromatic carbocycles. The van der Waals surface area contributed by atoms with E-state index < -0.39 is 5.91 Å². The summed E-state index contributed by atoms with van der Waals surface area (Å²) in [5.41, 5.74) is 3.81. The number of piperidine rings is 1. The van der Waals surface area contributed by atoms with Crippen LogP contribution in [0.3, 0.4) is 0 Å². The number of anilines is 1. The van der Waals surface area contributed by atoms with Gasteiger partial charge in [0.25, 0.3) is 11.1 Å². The molecule has 2 saturated heterocycles. The first-order valence-electron chi connectivity index (χ1n) is 12.8. The molecule has 0 saturated carbocycles. The van der Waals surface area contributed by atoms with Crippen LogP contribution in [-0.2, 0) is 11.3 Å². The average Bonchev–Trinajstić information content (AvgIpc) is 3.53. The summed E-state index contributed by atoms with van der Waals surface area (Å²) in [6.07, 6.45) is 7.09. The third kappa shape index (κ3) is 5.84. The van der Waals surface area contributed by atoms with E-state index in [4.69, 9.17) is 4.98 Å². The molecule has 5 heterocycles. The smallest absolute Gasteiger partial charge is 0.290 e. The van der Waals surface area contributed by atoms with Gasteiger partial charge in [0.1, 0.15) is 5.82 Å². The number of aromatic nitrogens is 4. The Bertz CT molecular complexity index is 1580. The molecular formula is C28H26FN7O2S. The number of H-pyrrole nitrogens is 1. The molecule has 3 aromatic heterocycles. The van der Waals surface area contributed by atoms with Crippen LogP contribution in [-0.4, -0.2) is 50.7 Å². The Morgan fingerprint density at radius 3 is 2.79 bits per heavy atom. The summed E-state index contributed by atoms with van der Waals surface area (Å²) in [5, 5.41) is 6.39. The molecular weight excluding hydrogens is 517 g/mol. The minimum atomic E-state index is -0.402. The number of fused-ring (bicyclic) bond motifs is 1. The number of aromatic amines is 1. The van der Waals surface area contributed by atoms with Crippen LogP contribution in [0.1, 0.15) is 24.2 Å². The monoisotopic (exact) mass is 543 g/mol. The first-order valence-corrected chi connectivity index (χ1v) is 13.6. The van der Waals surface area contributed by atoms with Gasteiger partial charge in [-0.25, -0.2) is 14.4 Å². The fourth-order valence-electron chi connectivity index (χ4n) is 4.89. The number of thioether (sulfide) groups is 1. The van der Waals surface area contributed by atoms with E-state index in [2.05, 4.69) is 30.5 Å². The van der Waals surface area contributed by atoms with Crippen LogP contribution in [0, 0.1) is 11.7 Å². The number of carbonyl (C=O) groups excluding carboxylic acids is 2. The summed E-state index contributed by atoms with van der Waals surface area (Å²) < 4.78 is 14.4. The molecule has 11 heteroatoms. The van der Waals surface area contributed by atoms with Crippen molar-refractivity contribution in [2.75, 3.05) is 24.5 Å². The van der Waals surface area contributed by atoms with Crippen molar-refractivity contribution >= 4 is 45.8 Å². The Balaban J connectivity index is 1.02. The van der Waals surface area contributed by atoms with Crippen LogP contribution >= 0.6 is 11.8 Å². The van der Waals surface area contributed by atoms with Gasteiger partial charge < -0.3 is 15.2 Å². The molecule has 0 bridgehead atoms. The topological polar surface area (TPSA) is 116 Å². The molecule has 2 aliphatic rings. The zero-order valence-electron chi connectivity index (χ0n) is 21.0. The summed E-state index contributed by atoms with van der Waals surface area (Å²) in [5.74, 6) is 0.386. The number of halogens is 1. The lowest BCUT2D eigenvalue weighted by Gasteiger charge is -2.32. The van der Waals surface area contributed by atoms with Crippen LogP contribution < -0.4 is 15.5 Å². The largest absolute Gasteiger partial charge is 0.361 e. The SMILES string of the molecule is O=C1NC(=O)C(=Cc2ccnc(N3CCC(CNCc4cc(F)cc(-c5ccc6[nH]ccc6c5)n4)CC3)n2)S1. The van der Waals surface area contributed by atoms with E-state index in [-0.39, 0.29) is 11.1 Å². The molecule has 2 amide bonds. The number of carbonyl (C=O) groups is 2. The minimum absolute atomic E-state index is 0.295. The zero-order valence-corrected chi connectivity index (χ0v) is 21.8. The molecule has 2 aliphatic heterocycles. The third-order valence-electron chi connectivity index (χ3n) is 6.91. The highest BCUT2D eigenvalue weighted by Crippen LogP contribution is 2.27. The van der Waals surface area contributed by atoms with E-state index in [9.17, 15) is 14.0 Å². The molecule has 0 radical (unpaired) electrons. The van der Waals surface area contributed by atoms with Crippen molar-refractivity contribution in [1.82, 2.24) is 30.6 Å². The zero-order chi connectivity index (χ0) is 26.8. The predicted molar refractivity (Wildman–Crippen MR) is 149 cm³/mol. The van der Waals surface area contributed by atoms with Crippen molar-refractivity contribution in [2.24, 2.45) is 5.92 Å². The van der Waals surface area contributed by atoms with Gasteiger partial charge in [0.05, 0.1) is 22.0 Å². The van der Waals surface area contributed by atoms with E-state index in [0.29, 0.717) is 40.4 Å². The number of pyridine rings is 1. The second kappa shape index (κ2) is 11.0. The molecule has 0 atom stereocenters. The summed E-state index contributed by atoms with van der Waals surface area (Å²) in [6, 6.07) is 12.6. The Morgan fingerprint density at radius 2 is 1.97 bits per heavy atom. The number of benzene rings is 1. The van der Waals surface area contributed by atoms with Crippen molar-refractivity contribution < 1.29 is 14.0 Å². The molecule has 2 fully saturated rings. The summed E-state index contributed by atoms with van der Waals surface area (Å²) in [7, 11) is 0. The molecule has 0 unspecified atom stereocenters. The maximum Gasteiger partial charge on any atom is 0.290 e. The van der Waals surface area contributed by atoms with Gasteiger partial charge in [0, 0.05) is 54.6 Å². The summed E-state index contributed by atoms with van der Waals surface area (Å²) in [6.45, 7) is 2.92. The molecule has 9 nitrogen and oxygen atoms in total. The lowest BCUT2D eigenvalue weighted by atomic mass is 9.97. The number of nitrogens with zero attached hydrogens (tertiary/aromatic N) is 4. The Kier molecular flexibility index (Phi) is 7.08. The normalized spacial score (nSPS) is 17.4. The number of hydrogen-bond acceptors (Lipinski definition) is 8. The van der Waals surface area contributed by atoms with Crippen molar-refractivity contribution in [3.63, 3.8) is 0 Å². The highest BCUT2D eigenvalue weighted by molar-refractivity contribution is 8.18. The maximum absolute atomic E-state index is 14.4. The first kappa shape index (κ1) is 25.2. The average molecular weight is 544 g/mol. The van der Waals surface area contributed by atoms with Gasteiger partial charge in [0.15, 0.2) is 0 Å². The number of amides is 2. The van der Waals surface area contributed by atoms with Crippen LogP contribution in [0.25, 0.3) is 28.2 Å². The van der Waals surface area contributed by atoms with E-state index in [1.165, 1.54) is 12.1 Å². The number of nitrogens with one attached hydrogen (secondary N) is 3. The molecule has 3 N–H and O–H groups in total. The second-order valence-electron chi connectivity index (χ2n) is 9.64. The van der Waals surface area contributed by atoms with E-state index >= 15 is 0 Å². The number of imide groups is 1. The molecule has 6 rings (SSSR count). The summed E-state index contributed by atoms with van der Waals surface area (Å²) in [4.78, 5) is 42.5. The Labute approximate surface area is 228 Å². The van der Waals surface area contributed by atoms with Gasteiger partial charge in [-0.3, -0.25) is 19.9 Å². The fraction of sp³-hybridized carbons (Fsp3) is 0.250. The summed E-state index contributed by atoms with van der Waals surface area (Å²) >= 11 is 0.871. The predicted octanol–water partition coefficient (Wildman–Crippen LogP) is 4.49. The van der Waals surface area contributed by atoms with Crippen molar-refractivity contribution in [3.8, 4) is 11.3 Å². The van der Waals surface area contributed by atoms with Gasteiger partial charge in [-0.15, -0.1) is 0 Å². The quantitative estimate of drug-likeness (QED) is 0.292. The van der Waals surface area contributed by atoms with Crippen molar-refractivity contribution in [3.05, 3.63) is 77.0 Å². The van der Waals surface area contributed by atoms with Crippen LogP contribution in [0.15, 0.2) is 59.8 Å². The second-order valence-corrected chi connectivity index (χ2v) is 10.7. The third-order valence-corrected chi connectivity index (χ3v) is 7.72. The van der Waals surface area contributed by atoms with Gasteiger partial charge in [-0.2, -0.15) is 0 Å². The molecule has 0 spiro atoms. The molecule has 4 aromatic rings. The maximum atomic E-state index is 14.4. The molecule has 0 aliphatic carbocycles.